The quantitative estimate of drug-likeness (QED) is 0.851. The van der Waals surface area contributed by atoms with Crippen LogP contribution in [0.4, 0.5) is 13.2 Å². The van der Waals surface area contributed by atoms with E-state index in [4.69, 9.17) is 5.11 Å². The first kappa shape index (κ1) is 10.3. The number of carboxylic acid groups (broad SMARTS) is 1. The molecule has 1 N–H and O–H groups in total. The predicted octanol–water partition coefficient (Wildman–Crippen LogP) is 1.67. The second-order valence-electron chi connectivity index (χ2n) is 3.31. The highest BCUT2D eigenvalue weighted by Crippen LogP contribution is 2.49. The van der Waals surface area contributed by atoms with Crippen LogP contribution in [0.1, 0.15) is 23.7 Å². The van der Waals surface area contributed by atoms with Crippen LogP contribution in [0.2, 0.25) is 0 Å². The van der Waals surface area contributed by atoms with Crippen molar-refractivity contribution in [3.63, 3.8) is 0 Å². The molecule has 1 aromatic rings. The minimum absolute atomic E-state index is 0.0534. The van der Waals surface area contributed by atoms with Gasteiger partial charge in [0.2, 0.25) is 5.82 Å². The number of rotatable bonds is 2. The molecule has 0 aliphatic heterocycles. The van der Waals surface area contributed by atoms with Crippen LogP contribution in [-0.4, -0.2) is 20.4 Å². The van der Waals surface area contributed by atoms with Gasteiger partial charge in [-0.05, 0) is 24.4 Å². The SMILES string of the molecule is O=C(O)C1(c2nc(C(F)(F)F)ns2)CC1. The van der Waals surface area contributed by atoms with Crippen molar-refractivity contribution in [2.45, 2.75) is 24.4 Å². The molecule has 15 heavy (non-hydrogen) atoms. The van der Waals surface area contributed by atoms with Crippen molar-refractivity contribution in [2.75, 3.05) is 0 Å². The van der Waals surface area contributed by atoms with Crippen LogP contribution < -0.4 is 0 Å². The minimum atomic E-state index is -4.61. The Balaban J connectivity index is 2.33. The average Bonchev–Trinajstić information content (AvgIpc) is 2.75. The van der Waals surface area contributed by atoms with Gasteiger partial charge in [-0.3, -0.25) is 4.79 Å². The highest BCUT2D eigenvalue weighted by atomic mass is 32.1. The molecule has 2 rings (SSSR count). The summed E-state index contributed by atoms with van der Waals surface area (Å²) >= 11 is 0.512. The maximum absolute atomic E-state index is 12.1. The van der Waals surface area contributed by atoms with Gasteiger partial charge in [0.05, 0.1) is 0 Å². The zero-order valence-electron chi connectivity index (χ0n) is 7.21. The first-order valence-electron chi connectivity index (χ1n) is 4.01. The number of hydrogen-bond acceptors (Lipinski definition) is 4. The van der Waals surface area contributed by atoms with Crippen LogP contribution in [0.15, 0.2) is 0 Å². The number of carbonyl (C=O) groups is 1. The fourth-order valence-corrected chi connectivity index (χ4v) is 2.09. The molecule has 1 fully saturated rings. The Kier molecular flexibility index (Phi) is 2.00. The van der Waals surface area contributed by atoms with Gasteiger partial charge in [-0.25, -0.2) is 4.98 Å². The second kappa shape index (κ2) is 2.91. The lowest BCUT2D eigenvalue weighted by Crippen LogP contribution is -2.19. The van der Waals surface area contributed by atoms with Gasteiger partial charge in [-0.15, -0.1) is 0 Å². The summed E-state index contributed by atoms with van der Waals surface area (Å²) in [5.74, 6) is -2.39. The van der Waals surface area contributed by atoms with Crippen molar-refractivity contribution < 1.29 is 23.1 Å². The van der Waals surface area contributed by atoms with Crippen molar-refractivity contribution in [3.05, 3.63) is 10.8 Å². The van der Waals surface area contributed by atoms with E-state index in [0.29, 0.717) is 24.4 Å². The Morgan fingerprint density at radius 1 is 1.47 bits per heavy atom. The summed E-state index contributed by atoms with van der Waals surface area (Å²) in [7, 11) is 0. The summed E-state index contributed by atoms with van der Waals surface area (Å²) in [5, 5.41) is 8.77. The van der Waals surface area contributed by atoms with Crippen molar-refractivity contribution in [3.8, 4) is 0 Å². The van der Waals surface area contributed by atoms with Crippen LogP contribution >= 0.6 is 11.5 Å². The zero-order chi connectivity index (χ0) is 11.3. The molecule has 0 radical (unpaired) electrons. The first-order chi connectivity index (χ1) is 6.86. The van der Waals surface area contributed by atoms with E-state index >= 15 is 0 Å². The van der Waals surface area contributed by atoms with Gasteiger partial charge >= 0.3 is 12.1 Å². The van der Waals surface area contributed by atoms with Crippen molar-refractivity contribution >= 4 is 17.5 Å². The maximum atomic E-state index is 12.1. The topological polar surface area (TPSA) is 63.1 Å². The third-order valence-corrected chi connectivity index (χ3v) is 3.17. The predicted molar refractivity (Wildman–Crippen MR) is 43.5 cm³/mol. The number of carboxylic acids is 1. The lowest BCUT2D eigenvalue weighted by molar-refractivity contribution is -0.145. The number of aliphatic carboxylic acids is 1. The highest BCUT2D eigenvalue weighted by molar-refractivity contribution is 7.05. The van der Waals surface area contributed by atoms with Crippen molar-refractivity contribution in [1.82, 2.24) is 9.36 Å². The van der Waals surface area contributed by atoms with Gasteiger partial charge in [0.15, 0.2) is 0 Å². The summed E-state index contributed by atoms with van der Waals surface area (Å²) in [5.41, 5.74) is -1.21. The summed E-state index contributed by atoms with van der Waals surface area (Å²) in [6.07, 6.45) is -3.95. The van der Waals surface area contributed by atoms with Crippen LogP contribution in [-0.2, 0) is 16.4 Å². The molecule has 1 aliphatic rings. The number of aromatic nitrogens is 2. The molecule has 0 spiro atoms. The van der Waals surface area contributed by atoms with E-state index in [9.17, 15) is 18.0 Å². The minimum Gasteiger partial charge on any atom is -0.481 e. The Hall–Kier alpha value is -1.18. The highest BCUT2D eigenvalue weighted by Gasteiger charge is 2.55. The normalized spacial score (nSPS) is 18.9. The molecule has 0 saturated heterocycles. The molecule has 0 aromatic carbocycles. The Bertz CT molecular complexity index is 411. The lowest BCUT2D eigenvalue weighted by Gasteiger charge is -2.03. The standard InChI is InChI=1S/C7H5F3N2O2S/c8-7(9,10)3-11-4(15-12-3)6(1-2-6)5(13)14/h1-2H2,(H,13,14). The van der Waals surface area contributed by atoms with Crippen LogP contribution in [0, 0.1) is 0 Å². The Morgan fingerprint density at radius 3 is 2.40 bits per heavy atom. The van der Waals surface area contributed by atoms with E-state index < -0.39 is 23.4 Å². The van der Waals surface area contributed by atoms with E-state index in [1.165, 1.54) is 0 Å². The smallest absolute Gasteiger partial charge is 0.452 e. The van der Waals surface area contributed by atoms with Crippen molar-refractivity contribution in [1.29, 1.82) is 0 Å². The summed E-state index contributed by atoms with van der Waals surface area (Å²) in [6.45, 7) is 0. The van der Waals surface area contributed by atoms with Gasteiger partial charge in [0.25, 0.3) is 0 Å². The second-order valence-corrected chi connectivity index (χ2v) is 4.06. The number of alkyl halides is 3. The molecule has 1 aliphatic carbocycles. The van der Waals surface area contributed by atoms with E-state index in [1.807, 2.05) is 0 Å². The molecular formula is C7H5F3N2O2S. The molecule has 1 aromatic heterocycles. The third kappa shape index (κ3) is 1.58. The number of halogens is 3. The fraction of sp³-hybridized carbons (Fsp3) is 0.571. The Morgan fingerprint density at radius 2 is 2.07 bits per heavy atom. The summed E-state index contributed by atoms with van der Waals surface area (Å²) < 4.78 is 39.6. The summed E-state index contributed by atoms with van der Waals surface area (Å²) in [6, 6.07) is 0. The molecule has 1 saturated carbocycles. The largest absolute Gasteiger partial charge is 0.481 e. The van der Waals surface area contributed by atoms with Gasteiger partial charge in [-0.1, -0.05) is 0 Å². The molecule has 1 heterocycles. The van der Waals surface area contributed by atoms with Crippen molar-refractivity contribution in [2.24, 2.45) is 0 Å². The Labute approximate surface area is 85.9 Å². The molecule has 4 nitrogen and oxygen atoms in total. The lowest BCUT2D eigenvalue weighted by atomic mass is 10.1. The molecule has 0 unspecified atom stereocenters. The van der Waals surface area contributed by atoms with Gasteiger partial charge in [-0.2, -0.15) is 17.5 Å². The van der Waals surface area contributed by atoms with Gasteiger partial charge in [0.1, 0.15) is 10.4 Å². The molecule has 0 atom stereocenters. The summed E-state index contributed by atoms with van der Waals surface area (Å²) in [4.78, 5) is 14.0. The first-order valence-corrected chi connectivity index (χ1v) is 4.78. The van der Waals surface area contributed by atoms with E-state index in [1.54, 1.807) is 0 Å². The van der Waals surface area contributed by atoms with Crippen LogP contribution in [0.3, 0.4) is 0 Å². The molecule has 8 heteroatoms. The third-order valence-electron chi connectivity index (χ3n) is 2.25. The van der Waals surface area contributed by atoms with E-state index in [0.717, 1.165) is 0 Å². The molecule has 0 amide bonds. The molecule has 82 valence electrons. The molecular weight excluding hydrogens is 233 g/mol. The van der Waals surface area contributed by atoms with Gasteiger partial charge < -0.3 is 5.11 Å². The molecule has 0 bridgehead atoms. The van der Waals surface area contributed by atoms with Crippen LogP contribution in [0.25, 0.3) is 0 Å². The zero-order valence-corrected chi connectivity index (χ0v) is 8.02. The maximum Gasteiger partial charge on any atom is 0.452 e. The fourth-order valence-electron chi connectivity index (χ4n) is 1.18. The average molecular weight is 238 g/mol. The van der Waals surface area contributed by atoms with Crippen LogP contribution in [0.5, 0.6) is 0 Å². The monoisotopic (exact) mass is 238 g/mol. The number of nitrogens with zero attached hydrogens (tertiary/aromatic N) is 2. The number of hydrogen-bond donors (Lipinski definition) is 1. The van der Waals surface area contributed by atoms with E-state index in [2.05, 4.69) is 9.36 Å². The van der Waals surface area contributed by atoms with Gasteiger partial charge in [0, 0.05) is 0 Å². The van der Waals surface area contributed by atoms with E-state index in [-0.39, 0.29) is 5.01 Å².